The number of ether oxygens (including phenoxy) is 1. The normalized spacial score (nSPS) is 20.0. The number of carbonyl (C=O) groups is 2. The molecule has 1 aliphatic heterocycles. The average molecular weight is 399 g/mol. The van der Waals surface area contributed by atoms with Gasteiger partial charge in [0.05, 0.1) is 22.3 Å². The summed E-state index contributed by atoms with van der Waals surface area (Å²) >= 11 is 1.43. The number of hydroxylamine groups is 1. The number of nitrogens with zero attached hydrogens (tertiary/aromatic N) is 2. The molecule has 0 bridgehead atoms. The van der Waals surface area contributed by atoms with E-state index in [0.717, 1.165) is 16.5 Å². The molecule has 140 valence electrons. The maximum atomic E-state index is 12.2. The number of nitrogens with one attached hydrogen (secondary N) is 1. The van der Waals surface area contributed by atoms with E-state index < -0.39 is 32.7 Å². The third-order valence-corrected chi connectivity index (χ3v) is 7.30. The van der Waals surface area contributed by atoms with Crippen molar-refractivity contribution in [1.29, 1.82) is 0 Å². The van der Waals surface area contributed by atoms with Crippen molar-refractivity contribution >= 4 is 49.1 Å². The molecular weight excluding hydrogens is 382 g/mol. The Balaban J connectivity index is 1.83. The second-order valence-corrected chi connectivity index (χ2v) is 9.60. The number of hydrogen-bond acceptors (Lipinski definition) is 8. The number of rotatable bonds is 5. The van der Waals surface area contributed by atoms with Crippen LogP contribution in [0.25, 0.3) is 10.2 Å². The van der Waals surface area contributed by atoms with Gasteiger partial charge in [-0.25, -0.2) is 23.7 Å². The van der Waals surface area contributed by atoms with Gasteiger partial charge in [-0.1, -0.05) is 0 Å². The maximum Gasteiger partial charge on any atom is 0.414 e. The third-order valence-electron chi connectivity index (χ3n) is 4.52. The zero-order valence-corrected chi connectivity index (χ0v) is 15.6. The summed E-state index contributed by atoms with van der Waals surface area (Å²) in [6, 6.07) is 5.30. The molecule has 2 N–H and O–H groups in total. The van der Waals surface area contributed by atoms with E-state index in [1.54, 1.807) is 23.7 Å². The first-order valence-electron chi connectivity index (χ1n) is 7.61. The largest absolute Gasteiger partial charge is 0.444 e. The van der Waals surface area contributed by atoms with Gasteiger partial charge in [-0.2, -0.15) is 0 Å². The summed E-state index contributed by atoms with van der Waals surface area (Å²) in [7, 11) is -3.87. The lowest BCUT2D eigenvalue weighted by atomic mass is 10.0. The average Bonchev–Trinajstić information content (AvgIpc) is 3.18. The van der Waals surface area contributed by atoms with Gasteiger partial charge < -0.3 is 4.74 Å². The minimum Gasteiger partial charge on any atom is -0.444 e. The maximum absolute atomic E-state index is 12.2. The molecule has 1 aromatic carbocycles. The highest BCUT2D eigenvalue weighted by Crippen LogP contribution is 2.31. The first kappa shape index (κ1) is 18.5. The van der Waals surface area contributed by atoms with Crippen LogP contribution in [0, 0.1) is 0 Å². The number of carbonyl (C=O) groups excluding carboxylic acids is 2. The van der Waals surface area contributed by atoms with Crippen molar-refractivity contribution in [2.75, 3.05) is 17.7 Å². The van der Waals surface area contributed by atoms with Crippen LogP contribution >= 0.6 is 11.3 Å². The van der Waals surface area contributed by atoms with Crippen LogP contribution in [0.2, 0.25) is 0 Å². The molecule has 0 radical (unpaired) electrons. The summed E-state index contributed by atoms with van der Waals surface area (Å²) in [6.07, 6.45) is -0.826. The number of benzene rings is 1. The lowest BCUT2D eigenvalue weighted by Crippen LogP contribution is -2.51. The molecular formula is C15H17N3O6S2. The second kappa shape index (κ2) is 6.49. The Bertz CT molecular complexity index is 973. The minimum atomic E-state index is -3.87. The van der Waals surface area contributed by atoms with E-state index in [9.17, 15) is 18.0 Å². The van der Waals surface area contributed by atoms with Gasteiger partial charge in [0.1, 0.15) is 6.10 Å². The summed E-state index contributed by atoms with van der Waals surface area (Å²) in [5.74, 6) is -1.07. The van der Waals surface area contributed by atoms with Crippen LogP contribution in [0.5, 0.6) is 0 Å². The van der Waals surface area contributed by atoms with Gasteiger partial charge in [0, 0.05) is 18.4 Å². The minimum absolute atomic E-state index is 0.0902. The van der Waals surface area contributed by atoms with Crippen LogP contribution in [-0.2, 0) is 19.4 Å². The van der Waals surface area contributed by atoms with E-state index in [1.807, 2.05) is 0 Å². The Labute approximate surface area is 153 Å². The van der Waals surface area contributed by atoms with Gasteiger partial charge >= 0.3 is 6.09 Å². The number of hydrogen-bond donors (Lipinski definition) is 2. The molecule has 1 aliphatic rings. The molecule has 1 saturated heterocycles. The summed E-state index contributed by atoms with van der Waals surface area (Å²) in [5.41, 5.74) is 4.49. The fourth-order valence-electron chi connectivity index (χ4n) is 2.82. The highest BCUT2D eigenvalue weighted by molar-refractivity contribution is 7.92. The van der Waals surface area contributed by atoms with Gasteiger partial charge in [0.2, 0.25) is 0 Å². The quantitative estimate of drug-likeness (QED) is 0.573. The number of cyclic esters (lactones) is 1. The van der Waals surface area contributed by atoms with Crippen LogP contribution in [0.15, 0.2) is 23.7 Å². The molecule has 0 aliphatic carbocycles. The first-order valence-corrected chi connectivity index (χ1v) is 10.4. The number of amides is 2. The standard InChI is InChI=1S/C15H17N3O6S2/c1-15(13(19)17-21,26(2,22)23)6-10-7-18(14(20)24-10)9-3-4-11-12(5-9)25-8-16-11/h3-5,8,10,21H,6-7H2,1-2H3,(H,17,19). The SMILES string of the molecule is CC(CC1CN(c2ccc3ncsc3c2)C(=O)O1)(C(=O)NO)S(C)(=O)=O. The van der Waals surface area contributed by atoms with Gasteiger partial charge in [-0.05, 0) is 25.1 Å². The molecule has 2 atom stereocenters. The van der Waals surface area contributed by atoms with E-state index in [4.69, 9.17) is 9.94 Å². The van der Waals surface area contributed by atoms with Gasteiger partial charge in [-0.15, -0.1) is 11.3 Å². The Kier molecular flexibility index (Phi) is 4.63. The van der Waals surface area contributed by atoms with E-state index >= 15 is 0 Å². The van der Waals surface area contributed by atoms with Crippen LogP contribution in [0.3, 0.4) is 0 Å². The van der Waals surface area contributed by atoms with Gasteiger partial charge in [0.15, 0.2) is 14.6 Å². The number of anilines is 1. The summed E-state index contributed by atoms with van der Waals surface area (Å²) in [4.78, 5) is 29.7. The van der Waals surface area contributed by atoms with Crippen LogP contribution in [-0.4, -0.2) is 54.3 Å². The predicted octanol–water partition coefficient (Wildman–Crippen LogP) is 1.32. The highest BCUT2D eigenvalue weighted by atomic mass is 32.2. The molecule has 11 heteroatoms. The van der Waals surface area contributed by atoms with Crippen molar-refractivity contribution in [2.24, 2.45) is 0 Å². The van der Waals surface area contributed by atoms with E-state index in [-0.39, 0.29) is 13.0 Å². The van der Waals surface area contributed by atoms with Gasteiger partial charge in [0.25, 0.3) is 5.91 Å². The lowest BCUT2D eigenvalue weighted by molar-refractivity contribution is -0.132. The number of aromatic nitrogens is 1. The molecule has 0 spiro atoms. The van der Waals surface area contributed by atoms with Gasteiger partial charge in [-0.3, -0.25) is 14.9 Å². The fraction of sp³-hybridized carbons (Fsp3) is 0.400. The zero-order valence-electron chi connectivity index (χ0n) is 14.0. The van der Waals surface area contributed by atoms with E-state index in [1.165, 1.54) is 28.6 Å². The van der Waals surface area contributed by atoms with Crippen molar-refractivity contribution in [2.45, 2.75) is 24.2 Å². The molecule has 1 aromatic heterocycles. The van der Waals surface area contributed by atoms with Crippen molar-refractivity contribution in [1.82, 2.24) is 10.5 Å². The Morgan fingerprint density at radius 2 is 2.27 bits per heavy atom. The summed E-state index contributed by atoms with van der Waals surface area (Å²) in [5, 5.41) is 8.88. The van der Waals surface area contributed by atoms with Crippen LogP contribution < -0.4 is 10.4 Å². The molecule has 2 aromatic rings. The topological polar surface area (TPSA) is 126 Å². The number of sulfone groups is 1. The lowest BCUT2D eigenvalue weighted by Gasteiger charge is -2.26. The molecule has 2 amide bonds. The molecule has 2 heterocycles. The Morgan fingerprint density at radius 1 is 1.54 bits per heavy atom. The monoisotopic (exact) mass is 399 g/mol. The van der Waals surface area contributed by atoms with Crippen molar-refractivity contribution in [3.05, 3.63) is 23.7 Å². The number of thiazole rings is 1. The highest BCUT2D eigenvalue weighted by Gasteiger charge is 2.48. The van der Waals surface area contributed by atoms with Crippen molar-refractivity contribution in [3.8, 4) is 0 Å². The van der Waals surface area contributed by atoms with Crippen LogP contribution in [0.1, 0.15) is 13.3 Å². The fourth-order valence-corrected chi connectivity index (χ4v) is 4.40. The van der Waals surface area contributed by atoms with Crippen LogP contribution in [0.4, 0.5) is 10.5 Å². The Morgan fingerprint density at radius 3 is 2.92 bits per heavy atom. The second-order valence-electron chi connectivity index (χ2n) is 6.27. The number of fused-ring (bicyclic) bond motifs is 1. The molecule has 9 nitrogen and oxygen atoms in total. The predicted molar refractivity (Wildman–Crippen MR) is 95.0 cm³/mol. The zero-order chi connectivity index (χ0) is 19.1. The van der Waals surface area contributed by atoms with Crippen molar-refractivity contribution in [3.63, 3.8) is 0 Å². The van der Waals surface area contributed by atoms with E-state index in [2.05, 4.69) is 4.98 Å². The summed E-state index contributed by atoms with van der Waals surface area (Å²) < 4.78 is 28.4. The summed E-state index contributed by atoms with van der Waals surface area (Å²) in [6.45, 7) is 1.28. The van der Waals surface area contributed by atoms with E-state index in [0.29, 0.717) is 5.69 Å². The molecule has 2 unspecified atom stereocenters. The first-order chi connectivity index (χ1) is 12.2. The Hall–Kier alpha value is -2.24. The molecule has 26 heavy (non-hydrogen) atoms. The molecule has 3 rings (SSSR count). The third kappa shape index (κ3) is 3.13. The van der Waals surface area contributed by atoms with Crippen molar-refractivity contribution < 1.29 is 28.0 Å². The molecule has 1 fully saturated rings. The smallest absolute Gasteiger partial charge is 0.414 e. The molecule has 0 saturated carbocycles.